The Balaban J connectivity index is 1.18. The molecule has 4 amide bonds. The van der Waals surface area contributed by atoms with Crippen LogP contribution in [0.15, 0.2) is 66.0 Å². The maximum Gasteiger partial charge on any atom is 0.251 e. The van der Waals surface area contributed by atoms with Crippen LogP contribution in [0.1, 0.15) is 45.9 Å². The van der Waals surface area contributed by atoms with E-state index >= 15 is 0 Å². The van der Waals surface area contributed by atoms with E-state index in [0.717, 1.165) is 4.88 Å². The van der Waals surface area contributed by atoms with Crippen molar-refractivity contribution in [3.05, 3.63) is 82.0 Å². The molecule has 2 aliphatic rings. The maximum absolute atomic E-state index is 13.3. The highest BCUT2D eigenvalue weighted by molar-refractivity contribution is 7.10. The van der Waals surface area contributed by atoms with Gasteiger partial charge >= 0.3 is 0 Å². The van der Waals surface area contributed by atoms with Gasteiger partial charge in [0.25, 0.3) is 5.91 Å². The molecule has 0 spiro atoms. The molecule has 202 valence electrons. The van der Waals surface area contributed by atoms with Crippen molar-refractivity contribution >= 4 is 35.0 Å². The lowest BCUT2D eigenvalue weighted by Crippen LogP contribution is -2.51. The van der Waals surface area contributed by atoms with Crippen LogP contribution >= 0.6 is 11.3 Å². The Morgan fingerprint density at radius 1 is 1.03 bits per heavy atom. The fourth-order valence-corrected chi connectivity index (χ4v) is 6.25. The molecule has 1 aliphatic carbocycles. The number of primary amides is 1. The topological polar surface area (TPSA) is 131 Å². The van der Waals surface area contributed by atoms with Crippen LogP contribution in [0.4, 0.5) is 0 Å². The number of hydrogen-bond acceptors (Lipinski definition) is 6. The molecule has 0 bridgehead atoms. The molecule has 39 heavy (non-hydrogen) atoms. The fraction of sp³-hybridized carbons (Fsp3) is 0.310. The molecule has 1 saturated heterocycles. The minimum Gasteiger partial charge on any atom is -0.457 e. The van der Waals surface area contributed by atoms with Crippen molar-refractivity contribution in [3.8, 4) is 11.5 Å². The first-order chi connectivity index (χ1) is 18.7. The first-order valence-corrected chi connectivity index (χ1v) is 13.6. The molecule has 5 rings (SSSR count). The molecule has 2 fully saturated rings. The number of para-hydroxylation sites is 1. The fourth-order valence-electron chi connectivity index (χ4n) is 5.43. The van der Waals surface area contributed by atoms with Gasteiger partial charge in [-0.2, -0.15) is 0 Å². The normalized spacial score (nSPS) is 23.0. The number of rotatable bonds is 9. The zero-order chi connectivity index (χ0) is 27.7. The van der Waals surface area contributed by atoms with Gasteiger partial charge in [0.2, 0.25) is 17.7 Å². The third-order valence-electron chi connectivity index (χ3n) is 7.81. The van der Waals surface area contributed by atoms with Crippen molar-refractivity contribution in [1.29, 1.82) is 0 Å². The Labute approximate surface area is 230 Å². The average Bonchev–Trinajstić information content (AvgIpc) is 3.29. The Bertz CT molecular complexity index is 1410. The van der Waals surface area contributed by atoms with E-state index in [1.165, 1.54) is 11.3 Å². The Morgan fingerprint density at radius 2 is 1.72 bits per heavy atom. The largest absolute Gasteiger partial charge is 0.457 e. The van der Waals surface area contributed by atoms with E-state index in [9.17, 15) is 19.2 Å². The van der Waals surface area contributed by atoms with E-state index < -0.39 is 11.9 Å². The second-order valence-corrected chi connectivity index (χ2v) is 11.3. The monoisotopic (exact) mass is 546 g/mol. The molecule has 3 aromatic rings. The van der Waals surface area contributed by atoms with Crippen molar-refractivity contribution < 1.29 is 23.9 Å². The van der Waals surface area contributed by atoms with Crippen LogP contribution < -0.4 is 21.1 Å². The summed E-state index contributed by atoms with van der Waals surface area (Å²) in [6.07, 6.45) is 0.560. The number of carbonyl (C=O) groups excluding carboxylic acids is 4. The molecule has 0 unspecified atom stereocenters. The maximum atomic E-state index is 13.3. The third-order valence-corrected chi connectivity index (χ3v) is 8.75. The van der Waals surface area contributed by atoms with Crippen LogP contribution in [0.3, 0.4) is 0 Å². The molecule has 10 heteroatoms. The summed E-state index contributed by atoms with van der Waals surface area (Å²) in [4.78, 5) is 52.9. The predicted octanol–water partition coefficient (Wildman–Crippen LogP) is 3.31. The van der Waals surface area contributed by atoms with Gasteiger partial charge in [-0.1, -0.05) is 32.0 Å². The zero-order valence-corrected chi connectivity index (χ0v) is 22.5. The van der Waals surface area contributed by atoms with Crippen molar-refractivity contribution in [3.63, 3.8) is 0 Å². The molecule has 4 N–H and O–H groups in total. The summed E-state index contributed by atoms with van der Waals surface area (Å²) in [6.45, 7) is 4.20. The van der Waals surface area contributed by atoms with E-state index in [-0.39, 0.29) is 48.2 Å². The minimum atomic E-state index is -0.620. The van der Waals surface area contributed by atoms with Gasteiger partial charge in [0.05, 0.1) is 18.7 Å². The van der Waals surface area contributed by atoms with Crippen LogP contribution in [-0.4, -0.2) is 47.2 Å². The van der Waals surface area contributed by atoms with Crippen molar-refractivity contribution in [1.82, 2.24) is 15.5 Å². The lowest BCUT2D eigenvalue weighted by atomic mass is 9.98. The van der Waals surface area contributed by atoms with E-state index in [0.29, 0.717) is 29.0 Å². The smallest absolute Gasteiger partial charge is 0.251 e. The number of nitrogens with one attached hydrogen (secondary N) is 2. The van der Waals surface area contributed by atoms with Gasteiger partial charge in [0.15, 0.2) is 0 Å². The number of nitrogens with zero attached hydrogens (tertiary/aromatic N) is 1. The predicted molar refractivity (Wildman–Crippen MR) is 146 cm³/mol. The Morgan fingerprint density at radius 3 is 2.38 bits per heavy atom. The molecule has 2 heterocycles. The molecule has 1 aliphatic heterocycles. The van der Waals surface area contributed by atoms with Crippen molar-refractivity contribution in [2.75, 3.05) is 6.54 Å². The highest BCUT2D eigenvalue weighted by atomic mass is 32.1. The highest BCUT2D eigenvalue weighted by Crippen LogP contribution is 2.63. The number of amides is 4. The summed E-state index contributed by atoms with van der Waals surface area (Å²) in [6, 6.07) is 17.0. The van der Waals surface area contributed by atoms with Crippen molar-refractivity contribution in [2.45, 2.75) is 38.9 Å². The quantitative estimate of drug-likeness (QED) is 0.379. The number of likely N-dealkylation sites (tertiary alicyclic amines) is 1. The second kappa shape index (κ2) is 10.5. The molecule has 9 nitrogen and oxygen atoms in total. The third kappa shape index (κ3) is 5.37. The molecular weight excluding hydrogens is 516 g/mol. The van der Waals surface area contributed by atoms with Gasteiger partial charge in [-0.25, -0.2) is 0 Å². The second-order valence-electron chi connectivity index (χ2n) is 10.3. The number of nitrogens with two attached hydrogens (primary N) is 1. The number of carbonyl (C=O) groups is 4. The number of fused-ring (bicyclic) bond motifs is 1. The summed E-state index contributed by atoms with van der Waals surface area (Å²) < 4.78 is 5.76. The van der Waals surface area contributed by atoms with Crippen LogP contribution in [0.25, 0.3) is 0 Å². The summed E-state index contributed by atoms with van der Waals surface area (Å²) in [5, 5.41) is 7.24. The Hall–Kier alpha value is -4.18. The van der Waals surface area contributed by atoms with Crippen molar-refractivity contribution in [2.24, 2.45) is 17.1 Å². The number of hydrogen-bond donors (Lipinski definition) is 3. The van der Waals surface area contributed by atoms with Gasteiger partial charge in [-0.05, 0) is 60.2 Å². The van der Waals surface area contributed by atoms with E-state index in [1.807, 2.05) is 30.3 Å². The number of piperidine rings is 1. The molecule has 2 aromatic carbocycles. The Kier molecular flexibility index (Phi) is 7.14. The van der Waals surface area contributed by atoms with E-state index in [1.54, 1.807) is 40.6 Å². The standard InChI is InChI=1S/C29H30N4O5S/c1-17-25-29(17,2)13-23(28(37)31-14-22-12-19(16-39-22)26(30)35)33(25)24(34)15-32-27(36)18-8-10-21(11-9-18)38-20-6-4-3-5-7-20/h3-12,16-17,23,25H,13-15H2,1-2H3,(H2,30,35)(H,31,37)(H,32,36)/t17-,23+,25+,29-/m1/s1. The first kappa shape index (κ1) is 26.4. The number of thiophene rings is 1. The number of ether oxygens (including phenoxy) is 1. The van der Waals surface area contributed by atoms with Gasteiger partial charge in [0, 0.05) is 21.9 Å². The summed E-state index contributed by atoms with van der Waals surface area (Å²) in [5.74, 6) is 0.109. The van der Waals surface area contributed by atoms with Gasteiger partial charge in [-0.3, -0.25) is 19.2 Å². The summed E-state index contributed by atoms with van der Waals surface area (Å²) in [5.41, 5.74) is 5.98. The summed E-state index contributed by atoms with van der Waals surface area (Å²) >= 11 is 1.34. The van der Waals surface area contributed by atoms with Crippen LogP contribution in [-0.2, 0) is 16.1 Å². The number of benzene rings is 2. The van der Waals surface area contributed by atoms with Gasteiger partial charge in [-0.15, -0.1) is 11.3 Å². The van der Waals surface area contributed by atoms with Gasteiger partial charge < -0.3 is 26.0 Å². The molecule has 1 aromatic heterocycles. The molecule has 4 atom stereocenters. The highest BCUT2D eigenvalue weighted by Gasteiger charge is 2.69. The molecule has 0 radical (unpaired) electrons. The minimum absolute atomic E-state index is 0.0460. The van der Waals surface area contributed by atoms with Crippen LogP contribution in [0.5, 0.6) is 11.5 Å². The zero-order valence-electron chi connectivity index (χ0n) is 21.7. The van der Waals surface area contributed by atoms with Crippen LogP contribution in [0.2, 0.25) is 0 Å². The lowest BCUT2D eigenvalue weighted by Gasteiger charge is -2.28. The first-order valence-electron chi connectivity index (χ1n) is 12.7. The van der Waals surface area contributed by atoms with E-state index in [2.05, 4.69) is 24.5 Å². The molecular formula is C29H30N4O5S. The molecule has 1 saturated carbocycles. The van der Waals surface area contributed by atoms with Gasteiger partial charge in [0.1, 0.15) is 17.5 Å². The SMILES string of the molecule is C[C@@H]1[C@@H]2N(C(=O)CNC(=O)c3ccc(Oc4ccccc4)cc3)[C@H](C(=O)NCc3cc(C(N)=O)cs3)C[C@]12C. The van der Waals surface area contributed by atoms with E-state index in [4.69, 9.17) is 10.5 Å². The average molecular weight is 547 g/mol. The lowest BCUT2D eigenvalue weighted by molar-refractivity contribution is -0.139. The van der Waals surface area contributed by atoms with Crippen LogP contribution in [0, 0.1) is 11.3 Å². The summed E-state index contributed by atoms with van der Waals surface area (Å²) in [7, 11) is 0.